The fraction of sp³-hybridized carbons (Fsp3) is 0.556. The van der Waals surface area contributed by atoms with Gasteiger partial charge >= 0.3 is 6.18 Å². The van der Waals surface area contributed by atoms with Crippen LogP contribution in [-0.2, 0) is 12.7 Å². The summed E-state index contributed by atoms with van der Waals surface area (Å²) in [5.41, 5.74) is 1.55. The molecule has 7 nitrogen and oxygen atoms in total. The summed E-state index contributed by atoms with van der Waals surface area (Å²) >= 11 is 0. The Balaban J connectivity index is 1.60. The summed E-state index contributed by atoms with van der Waals surface area (Å²) in [6, 6.07) is 4.03. The van der Waals surface area contributed by atoms with Crippen molar-refractivity contribution in [2.24, 2.45) is 0 Å². The molecule has 0 atom stereocenters. The fourth-order valence-electron chi connectivity index (χ4n) is 4.91. The molecule has 0 radical (unpaired) electrons. The first kappa shape index (κ1) is 27.0. The zero-order valence-electron chi connectivity index (χ0n) is 21.9. The number of piperidine rings is 1. The molecule has 1 saturated heterocycles. The summed E-state index contributed by atoms with van der Waals surface area (Å²) in [6.07, 6.45) is 6.74. The number of nitrogens with one attached hydrogen (secondary N) is 1. The number of imidazole rings is 1. The van der Waals surface area contributed by atoms with Crippen molar-refractivity contribution < 1.29 is 13.2 Å². The molecule has 0 aliphatic carbocycles. The second-order valence-electron chi connectivity index (χ2n) is 9.78. The Morgan fingerprint density at radius 1 is 1.00 bits per heavy atom. The van der Waals surface area contributed by atoms with Crippen LogP contribution in [0.4, 0.5) is 19.1 Å². The third-order valence-corrected chi connectivity index (χ3v) is 6.75. The van der Waals surface area contributed by atoms with Crippen LogP contribution < -0.4 is 5.32 Å². The zero-order chi connectivity index (χ0) is 26.4. The highest BCUT2D eigenvalue weighted by molar-refractivity contribution is 5.61. The van der Waals surface area contributed by atoms with Crippen molar-refractivity contribution in [3.8, 4) is 17.1 Å². The third kappa shape index (κ3) is 6.85. The first-order valence-electron chi connectivity index (χ1n) is 13.2. The van der Waals surface area contributed by atoms with E-state index in [1.165, 1.54) is 25.6 Å². The van der Waals surface area contributed by atoms with Gasteiger partial charge in [0.1, 0.15) is 23.3 Å². The Kier molecular flexibility index (Phi) is 8.79. The van der Waals surface area contributed by atoms with Gasteiger partial charge in [-0.2, -0.15) is 13.2 Å². The maximum atomic E-state index is 13.9. The maximum Gasteiger partial charge on any atom is 0.420 e. The van der Waals surface area contributed by atoms with Gasteiger partial charge in [-0.15, -0.1) is 0 Å². The molecule has 0 saturated carbocycles. The lowest BCUT2D eigenvalue weighted by Crippen LogP contribution is -2.29. The average molecular weight is 516 g/mol. The standard InChI is InChI=1S/C27H36F3N7/c1-4-9-20(10-5-2)34-26-31-15-22(27(28,29)30)25(35-26)23-17-37(18-32-23)24-12-11-21(33-19(24)3)16-36-13-7-6-8-14-36/h11-12,15,17-18,20H,4-10,13-14,16H2,1-3H3,(H,31,34,35). The highest BCUT2D eigenvalue weighted by Gasteiger charge is 2.36. The Labute approximate surface area is 216 Å². The lowest BCUT2D eigenvalue weighted by atomic mass is 10.1. The van der Waals surface area contributed by atoms with Gasteiger partial charge in [0.05, 0.1) is 17.1 Å². The molecular formula is C27H36F3N7. The Morgan fingerprint density at radius 2 is 1.73 bits per heavy atom. The van der Waals surface area contributed by atoms with Crippen LogP contribution in [0.1, 0.15) is 75.7 Å². The largest absolute Gasteiger partial charge is 0.420 e. The number of pyridine rings is 1. The van der Waals surface area contributed by atoms with E-state index in [2.05, 4.69) is 39.0 Å². The Bertz CT molecular complexity index is 1160. The molecule has 3 aromatic rings. The highest BCUT2D eigenvalue weighted by Crippen LogP contribution is 2.36. The Hall–Kier alpha value is -3.01. The van der Waals surface area contributed by atoms with Crippen LogP contribution in [-0.4, -0.2) is 48.5 Å². The highest BCUT2D eigenvalue weighted by atomic mass is 19.4. The van der Waals surface area contributed by atoms with E-state index in [4.69, 9.17) is 4.98 Å². The smallest absolute Gasteiger partial charge is 0.351 e. The molecule has 1 aliphatic heterocycles. The minimum Gasteiger partial charge on any atom is -0.351 e. The van der Waals surface area contributed by atoms with Gasteiger partial charge in [-0.05, 0) is 57.8 Å². The predicted molar refractivity (Wildman–Crippen MR) is 138 cm³/mol. The second-order valence-corrected chi connectivity index (χ2v) is 9.78. The molecule has 1 fully saturated rings. The quantitative estimate of drug-likeness (QED) is 0.336. The van der Waals surface area contributed by atoms with E-state index < -0.39 is 11.7 Å². The number of hydrogen-bond donors (Lipinski definition) is 1. The molecule has 0 aromatic carbocycles. The van der Waals surface area contributed by atoms with E-state index in [0.29, 0.717) is 0 Å². The van der Waals surface area contributed by atoms with Crippen molar-refractivity contribution in [1.82, 2.24) is 29.4 Å². The normalized spacial score (nSPS) is 14.9. The minimum atomic E-state index is -4.60. The maximum absolute atomic E-state index is 13.9. The van der Waals surface area contributed by atoms with Gasteiger partial charge in [-0.3, -0.25) is 9.88 Å². The summed E-state index contributed by atoms with van der Waals surface area (Å²) in [7, 11) is 0. The number of aryl methyl sites for hydroxylation is 1. The monoisotopic (exact) mass is 515 g/mol. The fourth-order valence-corrected chi connectivity index (χ4v) is 4.91. The molecular weight excluding hydrogens is 479 g/mol. The lowest BCUT2D eigenvalue weighted by Gasteiger charge is -2.26. The van der Waals surface area contributed by atoms with E-state index in [1.807, 2.05) is 19.1 Å². The Morgan fingerprint density at radius 3 is 2.38 bits per heavy atom. The number of aromatic nitrogens is 5. The number of alkyl halides is 3. The second kappa shape index (κ2) is 12.0. The number of halogens is 3. The van der Waals surface area contributed by atoms with Gasteiger partial charge in [-0.1, -0.05) is 33.1 Å². The molecule has 200 valence electrons. The van der Waals surface area contributed by atoms with Crippen LogP contribution in [0.2, 0.25) is 0 Å². The topological polar surface area (TPSA) is 71.8 Å². The van der Waals surface area contributed by atoms with Crippen LogP contribution in [0.3, 0.4) is 0 Å². The minimum absolute atomic E-state index is 0.106. The van der Waals surface area contributed by atoms with E-state index in [0.717, 1.165) is 68.6 Å². The summed E-state index contributed by atoms with van der Waals surface area (Å²) in [4.78, 5) is 19.7. The SMILES string of the molecule is CCCC(CCC)Nc1ncc(C(F)(F)F)c(-c2cn(-c3ccc(CN4CCCCC4)nc3C)cn2)n1. The van der Waals surface area contributed by atoms with Crippen LogP contribution in [0, 0.1) is 6.92 Å². The molecule has 1 N–H and O–H groups in total. The molecule has 37 heavy (non-hydrogen) atoms. The van der Waals surface area contributed by atoms with Gasteiger partial charge in [0.15, 0.2) is 0 Å². The number of nitrogens with zero attached hydrogens (tertiary/aromatic N) is 6. The van der Waals surface area contributed by atoms with Gasteiger partial charge in [0.2, 0.25) is 5.95 Å². The van der Waals surface area contributed by atoms with E-state index >= 15 is 0 Å². The van der Waals surface area contributed by atoms with E-state index in [-0.39, 0.29) is 23.4 Å². The molecule has 0 amide bonds. The number of anilines is 1. The number of rotatable bonds is 10. The average Bonchev–Trinajstić information content (AvgIpc) is 3.34. The van der Waals surface area contributed by atoms with Gasteiger partial charge in [0.25, 0.3) is 0 Å². The number of likely N-dealkylation sites (tertiary alicyclic amines) is 1. The van der Waals surface area contributed by atoms with Crippen molar-refractivity contribution in [2.75, 3.05) is 18.4 Å². The summed E-state index contributed by atoms with van der Waals surface area (Å²) in [5.74, 6) is 0.185. The van der Waals surface area contributed by atoms with E-state index in [1.54, 1.807) is 10.8 Å². The zero-order valence-corrected chi connectivity index (χ0v) is 21.9. The van der Waals surface area contributed by atoms with Crippen LogP contribution in [0.5, 0.6) is 0 Å². The number of hydrogen-bond acceptors (Lipinski definition) is 6. The van der Waals surface area contributed by atoms with Crippen molar-refractivity contribution >= 4 is 5.95 Å². The summed E-state index contributed by atoms with van der Waals surface area (Å²) < 4.78 is 43.3. The lowest BCUT2D eigenvalue weighted by molar-refractivity contribution is -0.137. The van der Waals surface area contributed by atoms with Crippen LogP contribution >= 0.6 is 0 Å². The third-order valence-electron chi connectivity index (χ3n) is 6.75. The predicted octanol–water partition coefficient (Wildman–Crippen LogP) is 6.42. The molecule has 3 aromatic heterocycles. The van der Waals surface area contributed by atoms with E-state index in [9.17, 15) is 13.2 Å². The summed E-state index contributed by atoms with van der Waals surface area (Å²) in [6.45, 7) is 9.04. The van der Waals surface area contributed by atoms with Crippen LogP contribution in [0.25, 0.3) is 17.1 Å². The van der Waals surface area contributed by atoms with Crippen molar-refractivity contribution in [1.29, 1.82) is 0 Å². The molecule has 0 spiro atoms. The van der Waals surface area contributed by atoms with Crippen molar-refractivity contribution in [2.45, 2.75) is 84.5 Å². The molecule has 0 bridgehead atoms. The first-order chi connectivity index (χ1) is 17.8. The van der Waals surface area contributed by atoms with Gasteiger partial charge in [-0.25, -0.2) is 15.0 Å². The van der Waals surface area contributed by atoms with Crippen molar-refractivity contribution in [3.63, 3.8) is 0 Å². The molecule has 1 aliphatic rings. The summed E-state index contributed by atoms with van der Waals surface area (Å²) in [5, 5.41) is 3.22. The first-order valence-corrected chi connectivity index (χ1v) is 13.2. The molecule has 10 heteroatoms. The molecule has 4 heterocycles. The molecule has 4 rings (SSSR count). The van der Waals surface area contributed by atoms with Gasteiger partial charge in [0, 0.05) is 25.0 Å². The van der Waals surface area contributed by atoms with Crippen molar-refractivity contribution in [3.05, 3.63) is 47.8 Å². The molecule has 0 unspecified atom stereocenters. The van der Waals surface area contributed by atoms with Crippen LogP contribution in [0.15, 0.2) is 30.9 Å². The van der Waals surface area contributed by atoms with Gasteiger partial charge < -0.3 is 9.88 Å².